The molecule has 1 atom stereocenters. The molecule has 4 rings (SSSR count). The first-order valence-corrected chi connectivity index (χ1v) is 12.3. The summed E-state index contributed by atoms with van der Waals surface area (Å²) in [6.07, 6.45) is 1.90. The molecule has 3 heterocycles. The summed E-state index contributed by atoms with van der Waals surface area (Å²) < 4.78 is 40.6. The zero-order chi connectivity index (χ0) is 21.1. The second-order valence-electron chi connectivity index (χ2n) is 7.38. The van der Waals surface area contributed by atoms with Gasteiger partial charge in [-0.2, -0.15) is 0 Å². The van der Waals surface area contributed by atoms with Gasteiger partial charge in [0.25, 0.3) is 0 Å². The third-order valence-corrected chi connectivity index (χ3v) is 7.75. The summed E-state index contributed by atoms with van der Waals surface area (Å²) in [5, 5.41) is 0. The molecule has 0 unspecified atom stereocenters. The largest absolute Gasteiger partial charge is 0.378 e. The van der Waals surface area contributed by atoms with Crippen molar-refractivity contribution >= 4 is 37.5 Å². The normalized spacial score (nSPS) is 20.1. The Hall–Kier alpha value is -1.79. The predicted molar refractivity (Wildman–Crippen MR) is 112 cm³/mol. The molecule has 164 valence electrons. The molecule has 2 aliphatic heterocycles. The van der Waals surface area contributed by atoms with Gasteiger partial charge in [0.1, 0.15) is 0 Å². The van der Waals surface area contributed by atoms with Gasteiger partial charge in [-0.15, -0.1) is 0 Å². The highest BCUT2D eigenvalue weighted by molar-refractivity contribution is 7.89. The van der Waals surface area contributed by atoms with E-state index in [1.54, 1.807) is 11.0 Å². The minimum Gasteiger partial charge on any atom is -0.378 e. The van der Waals surface area contributed by atoms with E-state index < -0.39 is 10.0 Å². The van der Waals surface area contributed by atoms with E-state index in [9.17, 15) is 18.0 Å². The fourth-order valence-corrected chi connectivity index (χ4v) is 5.82. The first-order chi connectivity index (χ1) is 14.4. The summed E-state index contributed by atoms with van der Waals surface area (Å²) in [6.45, 7) is 3.36. The average molecular weight is 456 g/mol. The van der Waals surface area contributed by atoms with Gasteiger partial charge in [-0.25, -0.2) is 13.1 Å². The third-order valence-electron chi connectivity index (χ3n) is 5.39. The van der Waals surface area contributed by atoms with Crippen molar-refractivity contribution in [1.82, 2.24) is 14.2 Å². The molecule has 0 radical (unpaired) electrons. The number of amides is 1. The number of aromatic nitrogens is 1. The van der Waals surface area contributed by atoms with Gasteiger partial charge in [0.05, 0.1) is 34.4 Å². The van der Waals surface area contributed by atoms with Crippen molar-refractivity contribution < 1.29 is 22.7 Å². The topological polar surface area (TPSA) is 107 Å². The Morgan fingerprint density at radius 1 is 1.23 bits per heavy atom. The highest BCUT2D eigenvalue weighted by Crippen LogP contribution is 2.22. The lowest BCUT2D eigenvalue weighted by Crippen LogP contribution is -2.41. The molecule has 2 aliphatic rings. The van der Waals surface area contributed by atoms with E-state index in [1.165, 1.54) is 16.7 Å². The molecule has 9 nitrogen and oxygen atoms in total. The Kier molecular flexibility index (Phi) is 6.54. The van der Waals surface area contributed by atoms with E-state index in [-0.39, 0.29) is 41.3 Å². The van der Waals surface area contributed by atoms with E-state index in [1.807, 2.05) is 0 Å². The molecule has 0 spiro atoms. The summed E-state index contributed by atoms with van der Waals surface area (Å²) >= 11 is 0.985. The molecular formula is C19H25N3O6S2. The maximum atomic E-state index is 12.6. The highest BCUT2D eigenvalue weighted by atomic mass is 32.2. The van der Waals surface area contributed by atoms with E-state index >= 15 is 0 Å². The summed E-state index contributed by atoms with van der Waals surface area (Å²) in [5.74, 6) is -0.0120. The Labute approximate surface area is 178 Å². The molecule has 2 saturated heterocycles. The number of thiazole rings is 1. The van der Waals surface area contributed by atoms with Gasteiger partial charge in [0.15, 0.2) is 0 Å². The predicted octanol–water partition coefficient (Wildman–Crippen LogP) is 0.769. The Balaban J connectivity index is 1.46. The summed E-state index contributed by atoms with van der Waals surface area (Å²) in [6, 6.07) is 4.64. The standard InChI is InChI=1S/C19H25N3O6S2/c23-18(21-7-10-27-11-8-21)5-6-22-16-4-3-15(12-17(16)29-19(22)24)30(25,26)20-13-14-2-1-9-28-14/h3-4,12,14,20H,1-2,5-11,13H2/t14-/m0/s1. The first kappa shape index (κ1) is 21.4. The lowest BCUT2D eigenvalue weighted by molar-refractivity contribution is -0.135. The van der Waals surface area contributed by atoms with E-state index in [2.05, 4.69) is 4.72 Å². The maximum Gasteiger partial charge on any atom is 0.308 e. The van der Waals surface area contributed by atoms with E-state index in [0.29, 0.717) is 43.1 Å². The molecule has 1 amide bonds. The number of hydrogen-bond acceptors (Lipinski definition) is 7. The number of benzene rings is 1. The van der Waals surface area contributed by atoms with Gasteiger partial charge in [-0.3, -0.25) is 14.2 Å². The van der Waals surface area contributed by atoms with Crippen LogP contribution in [0.2, 0.25) is 0 Å². The van der Waals surface area contributed by atoms with Gasteiger partial charge in [-0.1, -0.05) is 11.3 Å². The summed E-state index contributed by atoms with van der Waals surface area (Å²) in [7, 11) is -3.69. The number of fused-ring (bicyclic) bond motifs is 1. The number of morpholine rings is 1. The number of ether oxygens (including phenoxy) is 2. The van der Waals surface area contributed by atoms with Crippen LogP contribution >= 0.6 is 11.3 Å². The number of nitrogens with one attached hydrogen (secondary N) is 1. The van der Waals surface area contributed by atoms with Crippen LogP contribution in [0.4, 0.5) is 0 Å². The number of aryl methyl sites for hydroxylation is 1. The molecule has 1 aromatic heterocycles. The molecule has 2 fully saturated rings. The van der Waals surface area contributed by atoms with E-state index in [0.717, 1.165) is 24.2 Å². The molecule has 0 saturated carbocycles. The Morgan fingerprint density at radius 3 is 2.77 bits per heavy atom. The van der Waals surface area contributed by atoms with Gasteiger partial charge >= 0.3 is 4.87 Å². The van der Waals surface area contributed by atoms with Crippen LogP contribution in [0.1, 0.15) is 19.3 Å². The molecule has 11 heteroatoms. The van der Waals surface area contributed by atoms with E-state index in [4.69, 9.17) is 9.47 Å². The number of carbonyl (C=O) groups excluding carboxylic acids is 1. The van der Waals surface area contributed by atoms with Crippen LogP contribution in [-0.4, -0.2) is 69.4 Å². The van der Waals surface area contributed by atoms with Crippen LogP contribution in [0.25, 0.3) is 10.2 Å². The molecule has 1 aromatic carbocycles. The number of hydrogen-bond donors (Lipinski definition) is 1. The number of rotatable bonds is 7. The minimum absolute atomic E-state index is 0.0120. The molecule has 30 heavy (non-hydrogen) atoms. The molecule has 2 aromatic rings. The van der Waals surface area contributed by atoms with Gasteiger partial charge in [0, 0.05) is 39.2 Å². The van der Waals surface area contributed by atoms with Crippen molar-refractivity contribution in [3.63, 3.8) is 0 Å². The fraction of sp³-hybridized carbons (Fsp3) is 0.579. The lowest BCUT2D eigenvalue weighted by Gasteiger charge is -2.26. The Morgan fingerprint density at radius 2 is 2.03 bits per heavy atom. The second kappa shape index (κ2) is 9.15. The molecule has 1 N–H and O–H groups in total. The third kappa shape index (κ3) is 4.75. The van der Waals surface area contributed by atoms with Crippen LogP contribution < -0.4 is 9.60 Å². The molecular weight excluding hydrogens is 430 g/mol. The smallest absolute Gasteiger partial charge is 0.308 e. The number of sulfonamides is 1. The van der Waals surface area contributed by atoms with Crippen LogP contribution in [0.5, 0.6) is 0 Å². The van der Waals surface area contributed by atoms with Crippen molar-refractivity contribution in [2.45, 2.75) is 36.8 Å². The average Bonchev–Trinajstić information content (AvgIpc) is 3.38. The van der Waals surface area contributed by atoms with Crippen LogP contribution in [0.15, 0.2) is 27.9 Å². The zero-order valence-electron chi connectivity index (χ0n) is 16.5. The summed E-state index contributed by atoms with van der Waals surface area (Å²) in [5.41, 5.74) is 0.637. The van der Waals surface area contributed by atoms with Crippen LogP contribution in [-0.2, 0) is 30.8 Å². The van der Waals surface area contributed by atoms with Crippen molar-refractivity contribution in [1.29, 1.82) is 0 Å². The minimum atomic E-state index is -3.69. The fourth-order valence-electron chi connectivity index (χ4n) is 3.70. The van der Waals surface area contributed by atoms with Crippen LogP contribution in [0, 0.1) is 0 Å². The maximum absolute atomic E-state index is 12.6. The number of nitrogens with zero attached hydrogens (tertiary/aromatic N) is 2. The van der Waals surface area contributed by atoms with Crippen molar-refractivity contribution in [3.05, 3.63) is 27.9 Å². The first-order valence-electron chi connectivity index (χ1n) is 10.0. The molecule has 0 aliphatic carbocycles. The van der Waals surface area contributed by atoms with Crippen molar-refractivity contribution in [3.8, 4) is 0 Å². The van der Waals surface area contributed by atoms with Crippen LogP contribution in [0.3, 0.4) is 0 Å². The van der Waals surface area contributed by atoms with Gasteiger partial charge in [-0.05, 0) is 31.0 Å². The SMILES string of the molecule is O=C(CCn1c(=O)sc2cc(S(=O)(=O)NC[C@@H]3CCCO3)ccc21)N1CCOCC1. The lowest BCUT2D eigenvalue weighted by atomic mass is 10.2. The second-order valence-corrected chi connectivity index (χ2v) is 10.1. The number of carbonyl (C=O) groups is 1. The zero-order valence-corrected chi connectivity index (χ0v) is 18.2. The molecule has 0 bridgehead atoms. The monoisotopic (exact) mass is 455 g/mol. The van der Waals surface area contributed by atoms with Crippen molar-refractivity contribution in [2.24, 2.45) is 0 Å². The quantitative estimate of drug-likeness (QED) is 0.661. The summed E-state index contributed by atoms with van der Waals surface area (Å²) in [4.78, 5) is 26.5. The Bertz CT molecular complexity index is 1070. The highest BCUT2D eigenvalue weighted by Gasteiger charge is 2.22. The van der Waals surface area contributed by atoms with Gasteiger partial charge < -0.3 is 14.4 Å². The van der Waals surface area contributed by atoms with Crippen molar-refractivity contribution in [2.75, 3.05) is 39.5 Å². The van der Waals surface area contributed by atoms with Gasteiger partial charge in [0.2, 0.25) is 15.9 Å².